The van der Waals surface area contributed by atoms with Crippen molar-refractivity contribution in [3.05, 3.63) is 40.8 Å². The third-order valence-corrected chi connectivity index (χ3v) is 4.40. The second-order valence-electron chi connectivity index (χ2n) is 5.67. The van der Waals surface area contributed by atoms with Crippen molar-refractivity contribution < 1.29 is 4.79 Å². The SMILES string of the molecule is O=C(NCCNc1ncc(Cl)cc1Cl)N1CCN(c2ncccn2)CC1. The summed E-state index contributed by atoms with van der Waals surface area (Å²) in [6.45, 7) is 3.64. The van der Waals surface area contributed by atoms with Crippen LogP contribution in [0.25, 0.3) is 0 Å². The van der Waals surface area contributed by atoms with Gasteiger partial charge in [-0.25, -0.2) is 19.7 Å². The molecular weight excluding hydrogens is 377 g/mol. The van der Waals surface area contributed by atoms with Crippen LogP contribution in [0.1, 0.15) is 0 Å². The standard InChI is InChI=1S/C16H19Cl2N7O/c17-12-10-13(18)14(23-11-12)19-4-5-22-16(26)25-8-6-24(7-9-25)15-20-2-1-3-21-15/h1-3,10-11H,4-9H2,(H,19,23)(H,22,26). The lowest BCUT2D eigenvalue weighted by Gasteiger charge is -2.34. The highest BCUT2D eigenvalue weighted by atomic mass is 35.5. The summed E-state index contributed by atoms with van der Waals surface area (Å²) in [5, 5.41) is 6.88. The third-order valence-electron chi connectivity index (χ3n) is 3.90. The molecule has 0 unspecified atom stereocenters. The van der Waals surface area contributed by atoms with E-state index in [1.807, 2.05) is 0 Å². The second-order valence-corrected chi connectivity index (χ2v) is 6.51. The summed E-state index contributed by atoms with van der Waals surface area (Å²) < 4.78 is 0. The summed E-state index contributed by atoms with van der Waals surface area (Å²) in [6.07, 6.45) is 4.96. The summed E-state index contributed by atoms with van der Waals surface area (Å²) in [7, 11) is 0. The van der Waals surface area contributed by atoms with Crippen molar-refractivity contribution in [3.63, 3.8) is 0 Å². The molecule has 8 nitrogen and oxygen atoms in total. The molecule has 0 aromatic carbocycles. The van der Waals surface area contributed by atoms with Crippen LogP contribution in [0.3, 0.4) is 0 Å². The Morgan fingerprint density at radius 1 is 1.08 bits per heavy atom. The summed E-state index contributed by atoms with van der Waals surface area (Å²) >= 11 is 11.8. The largest absolute Gasteiger partial charge is 0.367 e. The molecule has 0 aliphatic carbocycles. The molecule has 10 heteroatoms. The van der Waals surface area contributed by atoms with Gasteiger partial charge in [0.2, 0.25) is 5.95 Å². The lowest BCUT2D eigenvalue weighted by molar-refractivity contribution is 0.194. The first kappa shape index (κ1) is 18.5. The van der Waals surface area contributed by atoms with E-state index in [1.54, 1.807) is 29.4 Å². The van der Waals surface area contributed by atoms with Gasteiger partial charge in [-0.2, -0.15) is 0 Å². The van der Waals surface area contributed by atoms with Crippen molar-refractivity contribution in [2.24, 2.45) is 0 Å². The van der Waals surface area contributed by atoms with Crippen LogP contribution in [0.2, 0.25) is 10.0 Å². The van der Waals surface area contributed by atoms with Gasteiger partial charge in [0.15, 0.2) is 0 Å². The number of carbonyl (C=O) groups excluding carboxylic acids is 1. The number of amides is 2. The van der Waals surface area contributed by atoms with Crippen LogP contribution >= 0.6 is 23.2 Å². The van der Waals surface area contributed by atoms with Gasteiger partial charge in [0.05, 0.1) is 10.0 Å². The Morgan fingerprint density at radius 2 is 1.81 bits per heavy atom. The number of aromatic nitrogens is 3. The zero-order chi connectivity index (χ0) is 18.4. The molecule has 0 radical (unpaired) electrons. The van der Waals surface area contributed by atoms with Crippen molar-refractivity contribution in [3.8, 4) is 0 Å². The molecule has 3 rings (SSSR count). The van der Waals surface area contributed by atoms with Gasteiger partial charge in [0, 0.05) is 57.9 Å². The first-order valence-corrected chi connectivity index (χ1v) is 8.99. The summed E-state index contributed by atoms with van der Waals surface area (Å²) in [4.78, 5) is 28.7. The number of carbonyl (C=O) groups is 1. The number of piperazine rings is 1. The van der Waals surface area contributed by atoms with Gasteiger partial charge in [-0.15, -0.1) is 0 Å². The minimum atomic E-state index is -0.0874. The van der Waals surface area contributed by atoms with E-state index in [0.29, 0.717) is 61.1 Å². The average Bonchev–Trinajstić information content (AvgIpc) is 2.67. The number of nitrogens with zero attached hydrogens (tertiary/aromatic N) is 5. The van der Waals surface area contributed by atoms with Crippen molar-refractivity contribution in [1.82, 2.24) is 25.2 Å². The fourth-order valence-electron chi connectivity index (χ4n) is 2.57. The maximum absolute atomic E-state index is 12.2. The Bertz CT molecular complexity index is 739. The minimum absolute atomic E-state index is 0.0874. The van der Waals surface area contributed by atoms with Gasteiger partial charge in [-0.05, 0) is 12.1 Å². The van der Waals surface area contributed by atoms with E-state index in [-0.39, 0.29) is 6.03 Å². The Kier molecular flexibility index (Phi) is 6.30. The zero-order valence-corrected chi connectivity index (χ0v) is 15.5. The van der Waals surface area contributed by atoms with Crippen LogP contribution in [0.4, 0.5) is 16.6 Å². The topological polar surface area (TPSA) is 86.3 Å². The zero-order valence-electron chi connectivity index (χ0n) is 14.0. The first-order valence-electron chi connectivity index (χ1n) is 8.23. The third kappa shape index (κ3) is 4.86. The number of anilines is 2. The van der Waals surface area contributed by atoms with E-state index in [2.05, 4.69) is 30.5 Å². The fraction of sp³-hybridized carbons (Fsp3) is 0.375. The van der Waals surface area contributed by atoms with Crippen molar-refractivity contribution in [2.45, 2.75) is 0 Å². The average molecular weight is 396 g/mol. The predicted molar refractivity (Wildman–Crippen MR) is 102 cm³/mol. The normalized spacial score (nSPS) is 14.2. The number of hydrogen-bond acceptors (Lipinski definition) is 6. The molecule has 1 aliphatic heterocycles. The molecule has 2 amide bonds. The summed E-state index contributed by atoms with van der Waals surface area (Å²) in [6, 6.07) is 3.32. The molecule has 2 aromatic rings. The maximum Gasteiger partial charge on any atom is 0.317 e. The quantitative estimate of drug-likeness (QED) is 0.754. The molecule has 0 atom stereocenters. The molecule has 0 saturated carbocycles. The smallest absolute Gasteiger partial charge is 0.317 e. The van der Waals surface area contributed by atoms with Crippen LogP contribution in [0.15, 0.2) is 30.7 Å². The molecule has 26 heavy (non-hydrogen) atoms. The van der Waals surface area contributed by atoms with Crippen molar-refractivity contribution in [2.75, 3.05) is 49.5 Å². The Hall–Kier alpha value is -2.32. The number of halogens is 2. The van der Waals surface area contributed by atoms with E-state index in [9.17, 15) is 4.79 Å². The van der Waals surface area contributed by atoms with Gasteiger partial charge in [0.25, 0.3) is 0 Å². The molecule has 2 N–H and O–H groups in total. The van der Waals surface area contributed by atoms with Gasteiger partial charge in [-0.1, -0.05) is 23.2 Å². The minimum Gasteiger partial charge on any atom is -0.367 e. The molecule has 1 fully saturated rings. The maximum atomic E-state index is 12.2. The number of nitrogens with one attached hydrogen (secondary N) is 2. The Labute approximate surface area is 161 Å². The highest BCUT2D eigenvalue weighted by molar-refractivity contribution is 6.35. The number of rotatable bonds is 5. The van der Waals surface area contributed by atoms with Gasteiger partial charge in [0.1, 0.15) is 5.82 Å². The second kappa shape index (κ2) is 8.86. The van der Waals surface area contributed by atoms with Crippen LogP contribution in [0, 0.1) is 0 Å². The highest BCUT2D eigenvalue weighted by Gasteiger charge is 2.22. The number of urea groups is 1. The molecule has 138 valence electrons. The van der Waals surface area contributed by atoms with Gasteiger partial charge in [-0.3, -0.25) is 0 Å². The van der Waals surface area contributed by atoms with Crippen LogP contribution < -0.4 is 15.5 Å². The van der Waals surface area contributed by atoms with E-state index in [4.69, 9.17) is 23.2 Å². The fourth-order valence-corrected chi connectivity index (χ4v) is 3.02. The van der Waals surface area contributed by atoms with E-state index >= 15 is 0 Å². The number of pyridine rings is 1. The van der Waals surface area contributed by atoms with Gasteiger partial charge < -0.3 is 20.4 Å². The summed E-state index contributed by atoms with van der Waals surface area (Å²) in [5.74, 6) is 1.24. The van der Waals surface area contributed by atoms with Gasteiger partial charge >= 0.3 is 6.03 Å². The Balaban J connectivity index is 1.38. The molecule has 0 spiro atoms. The van der Waals surface area contributed by atoms with Crippen LogP contribution in [-0.2, 0) is 0 Å². The lowest BCUT2D eigenvalue weighted by atomic mass is 10.3. The Morgan fingerprint density at radius 3 is 2.50 bits per heavy atom. The number of hydrogen-bond donors (Lipinski definition) is 2. The van der Waals surface area contributed by atoms with Crippen LogP contribution in [-0.4, -0.2) is 65.2 Å². The molecule has 0 bridgehead atoms. The molecule has 1 saturated heterocycles. The van der Waals surface area contributed by atoms with E-state index in [1.165, 1.54) is 6.20 Å². The predicted octanol–water partition coefficient (Wildman–Crippen LogP) is 2.12. The molecule has 2 aromatic heterocycles. The van der Waals surface area contributed by atoms with Crippen molar-refractivity contribution in [1.29, 1.82) is 0 Å². The lowest BCUT2D eigenvalue weighted by Crippen LogP contribution is -2.52. The summed E-state index contributed by atoms with van der Waals surface area (Å²) in [5.41, 5.74) is 0. The molecule has 1 aliphatic rings. The van der Waals surface area contributed by atoms with Crippen molar-refractivity contribution >= 4 is 41.0 Å². The monoisotopic (exact) mass is 395 g/mol. The van der Waals surface area contributed by atoms with E-state index in [0.717, 1.165) is 0 Å². The highest BCUT2D eigenvalue weighted by Crippen LogP contribution is 2.22. The first-order chi connectivity index (χ1) is 12.6. The van der Waals surface area contributed by atoms with Crippen LogP contribution in [0.5, 0.6) is 0 Å². The molecular formula is C16H19Cl2N7O. The van der Waals surface area contributed by atoms with E-state index < -0.39 is 0 Å². The molecule has 3 heterocycles.